The first-order valence-corrected chi connectivity index (χ1v) is 5.54. The second-order valence-corrected chi connectivity index (χ2v) is 4.48. The number of nitrogens with zero attached hydrogens (tertiary/aromatic N) is 2. The summed E-state index contributed by atoms with van der Waals surface area (Å²) in [5.41, 5.74) is 0. The number of likely N-dealkylation sites (tertiary alicyclic amines) is 1. The molecule has 0 aromatic carbocycles. The summed E-state index contributed by atoms with van der Waals surface area (Å²) in [7, 11) is 4.38. The van der Waals surface area contributed by atoms with E-state index in [4.69, 9.17) is 0 Å². The predicted molar refractivity (Wildman–Crippen MR) is 58.0 cm³/mol. The van der Waals surface area contributed by atoms with Crippen LogP contribution in [0.3, 0.4) is 0 Å². The first-order chi connectivity index (χ1) is 6.15. The fourth-order valence-electron chi connectivity index (χ4n) is 2.17. The summed E-state index contributed by atoms with van der Waals surface area (Å²) < 4.78 is 0. The smallest absolute Gasteiger partial charge is 0.00900 e. The fourth-order valence-corrected chi connectivity index (χ4v) is 2.17. The van der Waals surface area contributed by atoms with E-state index >= 15 is 0 Å². The lowest BCUT2D eigenvalue weighted by Crippen LogP contribution is -2.41. The highest BCUT2D eigenvalue weighted by Crippen LogP contribution is 2.22. The molecule has 1 heterocycles. The molecule has 78 valence electrons. The maximum absolute atomic E-state index is 2.55. The zero-order chi connectivity index (χ0) is 9.84. The van der Waals surface area contributed by atoms with Crippen LogP contribution in [0.4, 0.5) is 0 Å². The van der Waals surface area contributed by atoms with Crippen LogP contribution in [0.15, 0.2) is 0 Å². The average Bonchev–Trinajstić information content (AvgIpc) is 2.17. The number of piperidine rings is 1. The summed E-state index contributed by atoms with van der Waals surface area (Å²) in [5.74, 6) is 0.915. The van der Waals surface area contributed by atoms with Crippen molar-refractivity contribution in [1.29, 1.82) is 0 Å². The van der Waals surface area contributed by atoms with Crippen molar-refractivity contribution < 1.29 is 0 Å². The lowest BCUT2D eigenvalue weighted by Gasteiger charge is -2.36. The molecule has 0 saturated carbocycles. The number of rotatable bonds is 3. The van der Waals surface area contributed by atoms with Gasteiger partial charge < -0.3 is 9.80 Å². The lowest BCUT2D eigenvalue weighted by molar-refractivity contribution is 0.129. The highest BCUT2D eigenvalue weighted by molar-refractivity contribution is 4.78. The van der Waals surface area contributed by atoms with E-state index < -0.39 is 0 Å². The summed E-state index contributed by atoms with van der Waals surface area (Å²) >= 11 is 0. The maximum atomic E-state index is 2.55. The lowest BCUT2D eigenvalue weighted by atomic mass is 9.90. The Labute approximate surface area is 82.9 Å². The van der Waals surface area contributed by atoms with Gasteiger partial charge in [-0.15, -0.1) is 0 Å². The van der Waals surface area contributed by atoms with Crippen molar-refractivity contribution >= 4 is 0 Å². The van der Waals surface area contributed by atoms with Crippen LogP contribution in [0.25, 0.3) is 0 Å². The molecule has 13 heavy (non-hydrogen) atoms. The van der Waals surface area contributed by atoms with Crippen LogP contribution < -0.4 is 0 Å². The molecule has 1 saturated heterocycles. The Hall–Kier alpha value is -0.0800. The zero-order valence-corrected chi connectivity index (χ0v) is 9.58. The summed E-state index contributed by atoms with van der Waals surface area (Å²) in [5, 5.41) is 0. The van der Waals surface area contributed by atoms with E-state index in [1.807, 2.05) is 0 Å². The van der Waals surface area contributed by atoms with Crippen LogP contribution in [0.2, 0.25) is 0 Å². The van der Waals surface area contributed by atoms with Gasteiger partial charge in [-0.05, 0) is 59.4 Å². The predicted octanol–water partition coefficient (Wildman–Crippen LogP) is 1.67. The van der Waals surface area contributed by atoms with Gasteiger partial charge in [0.2, 0.25) is 0 Å². The SMILES string of the molecule is CCN1CCC([C@@H](C)N(C)C)CC1. The molecular weight excluding hydrogens is 160 g/mol. The Morgan fingerprint density at radius 1 is 1.31 bits per heavy atom. The van der Waals surface area contributed by atoms with Gasteiger partial charge in [0.05, 0.1) is 0 Å². The molecule has 2 heteroatoms. The van der Waals surface area contributed by atoms with E-state index in [1.54, 1.807) is 0 Å². The van der Waals surface area contributed by atoms with E-state index in [-0.39, 0.29) is 0 Å². The van der Waals surface area contributed by atoms with E-state index in [0.717, 1.165) is 12.0 Å². The quantitative estimate of drug-likeness (QED) is 0.658. The minimum Gasteiger partial charge on any atom is -0.306 e. The molecule has 0 spiro atoms. The van der Waals surface area contributed by atoms with E-state index in [1.165, 1.54) is 32.5 Å². The molecule has 0 radical (unpaired) electrons. The third-order valence-corrected chi connectivity index (χ3v) is 3.58. The van der Waals surface area contributed by atoms with Crippen molar-refractivity contribution in [2.45, 2.75) is 32.7 Å². The molecule has 2 nitrogen and oxygen atoms in total. The average molecular weight is 184 g/mol. The Morgan fingerprint density at radius 2 is 1.85 bits per heavy atom. The third kappa shape index (κ3) is 2.96. The largest absolute Gasteiger partial charge is 0.306 e. The zero-order valence-electron chi connectivity index (χ0n) is 9.58. The fraction of sp³-hybridized carbons (Fsp3) is 1.00. The Morgan fingerprint density at radius 3 is 2.23 bits per heavy atom. The van der Waals surface area contributed by atoms with Gasteiger partial charge >= 0.3 is 0 Å². The Balaban J connectivity index is 2.32. The highest BCUT2D eigenvalue weighted by atomic mass is 15.1. The normalized spacial score (nSPS) is 23.8. The van der Waals surface area contributed by atoms with Crippen molar-refractivity contribution in [2.24, 2.45) is 5.92 Å². The molecule has 0 N–H and O–H groups in total. The van der Waals surface area contributed by atoms with Gasteiger partial charge in [-0.1, -0.05) is 6.92 Å². The first kappa shape index (κ1) is 11.0. The van der Waals surface area contributed by atoms with Gasteiger partial charge in [-0.25, -0.2) is 0 Å². The third-order valence-electron chi connectivity index (χ3n) is 3.58. The summed E-state index contributed by atoms with van der Waals surface area (Å²) in [6, 6.07) is 0.749. The van der Waals surface area contributed by atoms with Crippen molar-refractivity contribution in [2.75, 3.05) is 33.7 Å². The van der Waals surface area contributed by atoms with Gasteiger partial charge in [0, 0.05) is 6.04 Å². The van der Waals surface area contributed by atoms with Crippen molar-refractivity contribution in [1.82, 2.24) is 9.80 Å². The minimum atomic E-state index is 0.749. The topological polar surface area (TPSA) is 6.48 Å². The summed E-state index contributed by atoms with van der Waals surface area (Å²) in [6.45, 7) is 8.45. The second kappa shape index (κ2) is 4.97. The van der Waals surface area contributed by atoms with E-state index in [2.05, 4.69) is 37.7 Å². The molecule has 1 fully saturated rings. The van der Waals surface area contributed by atoms with Crippen LogP contribution in [0, 0.1) is 5.92 Å². The standard InChI is InChI=1S/C11H24N2/c1-5-13-8-6-11(7-9-13)10(2)12(3)4/h10-11H,5-9H2,1-4H3/t10-/m1/s1. The van der Waals surface area contributed by atoms with Crippen LogP contribution in [0.5, 0.6) is 0 Å². The summed E-state index contributed by atoms with van der Waals surface area (Å²) in [6.07, 6.45) is 2.76. The van der Waals surface area contributed by atoms with Crippen molar-refractivity contribution in [3.8, 4) is 0 Å². The summed E-state index contributed by atoms with van der Waals surface area (Å²) in [4.78, 5) is 4.91. The minimum absolute atomic E-state index is 0.749. The molecule has 0 amide bonds. The molecule has 1 aliphatic heterocycles. The van der Waals surface area contributed by atoms with Crippen molar-refractivity contribution in [3.63, 3.8) is 0 Å². The van der Waals surface area contributed by atoms with Crippen LogP contribution >= 0.6 is 0 Å². The van der Waals surface area contributed by atoms with Gasteiger partial charge in [-0.2, -0.15) is 0 Å². The second-order valence-electron chi connectivity index (χ2n) is 4.48. The van der Waals surface area contributed by atoms with Crippen LogP contribution in [0.1, 0.15) is 26.7 Å². The Bertz CT molecular complexity index is 137. The van der Waals surface area contributed by atoms with Crippen LogP contribution in [-0.4, -0.2) is 49.6 Å². The number of hydrogen-bond donors (Lipinski definition) is 0. The molecule has 1 atom stereocenters. The molecule has 0 bridgehead atoms. The molecule has 1 aliphatic rings. The van der Waals surface area contributed by atoms with E-state index in [0.29, 0.717) is 0 Å². The number of hydrogen-bond acceptors (Lipinski definition) is 2. The molecule has 1 rings (SSSR count). The van der Waals surface area contributed by atoms with Gasteiger partial charge in [0.25, 0.3) is 0 Å². The molecule has 0 unspecified atom stereocenters. The van der Waals surface area contributed by atoms with Gasteiger partial charge in [0.15, 0.2) is 0 Å². The molecule has 0 aliphatic carbocycles. The molecular formula is C11H24N2. The van der Waals surface area contributed by atoms with E-state index in [9.17, 15) is 0 Å². The van der Waals surface area contributed by atoms with Crippen LogP contribution in [-0.2, 0) is 0 Å². The molecule has 0 aromatic heterocycles. The van der Waals surface area contributed by atoms with Gasteiger partial charge in [-0.3, -0.25) is 0 Å². The Kier molecular flexibility index (Phi) is 4.20. The highest BCUT2D eigenvalue weighted by Gasteiger charge is 2.23. The first-order valence-electron chi connectivity index (χ1n) is 5.54. The maximum Gasteiger partial charge on any atom is 0.00900 e. The van der Waals surface area contributed by atoms with Crippen molar-refractivity contribution in [3.05, 3.63) is 0 Å². The van der Waals surface area contributed by atoms with Gasteiger partial charge in [0.1, 0.15) is 0 Å². The molecule has 0 aromatic rings. The monoisotopic (exact) mass is 184 g/mol.